The number of amides is 1. The van der Waals surface area contributed by atoms with Crippen LogP contribution in [0.15, 0.2) is 28.5 Å². The third-order valence-corrected chi connectivity index (χ3v) is 10.9. The average Bonchev–Trinajstić information content (AvgIpc) is 3.42. The Hall–Kier alpha value is -1.76. The molecule has 0 aliphatic carbocycles. The van der Waals surface area contributed by atoms with Crippen molar-refractivity contribution in [3.63, 3.8) is 0 Å². The lowest BCUT2D eigenvalue weighted by Gasteiger charge is -2.36. The van der Waals surface area contributed by atoms with Gasteiger partial charge in [0, 0.05) is 67.8 Å². The standard InChI is InChI=1S/C21H24ClN5O3S3/c1-25(2)21-24-15-11-16(23-12-18(15)32-21)20(28)26-5-7-27(8-6-26)33(29,30)19-9-13-3-4-14(22)10-17(13)31-19/h3-4,9-10,16,23H,5-8,11-12H2,1-2H3. The summed E-state index contributed by atoms with van der Waals surface area (Å²) in [4.78, 5) is 22.7. The van der Waals surface area contributed by atoms with E-state index in [9.17, 15) is 13.2 Å². The maximum atomic E-state index is 13.2. The van der Waals surface area contributed by atoms with Crippen molar-refractivity contribution in [2.45, 2.75) is 23.2 Å². The van der Waals surface area contributed by atoms with Crippen LogP contribution in [0.5, 0.6) is 0 Å². The zero-order chi connectivity index (χ0) is 23.3. The van der Waals surface area contributed by atoms with Gasteiger partial charge in [-0.1, -0.05) is 17.7 Å². The van der Waals surface area contributed by atoms with Gasteiger partial charge in [-0.25, -0.2) is 13.4 Å². The van der Waals surface area contributed by atoms with E-state index >= 15 is 0 Å². The van der Waals surface area contributed by atoms with Gasteiger partial charge in [-0.15, -0.1) is 22.7 Å². The van der Waals surface area contributed by atoms with Crippen molar-refractivity contribution in [3.05, 3.63) is 39.9 Å². The average molecular weight is 526 g/mol. The SMILES string of the molecule is CN(C)c1nc2c(s1)CNC(C(=O)N1CCN(S(=O)(=O)c3cc4ccc(Cl)cc4s3)CC1)C2. The van der Waals surface area contributed by atoms with Crippen LogP contribution in [0.25, 0.3) is 10.1 Å². The highest BCUT2D eigenvalue weighted by Crippen LogP contribution is 2.33. The fraction of sp³-hybridized carbons (Fsp3) is 0.429. The first kappa shape index (κ1) is 23.0. The quantitative estimate of drug-likeness (QED) is 0.563. The molecular weight excluding hydrogens is 502 g/mol. The Balaban J connectivity index is 1.24. The number of hydrogen-bond donors (Lipinski definition) is 1. The van der Waals surface area contributed by atoms with E-state index in [1.54, 1.807) is 34.4 Å². The number of halogens is 1. The van der Waals surface area contributed by atoms with Gasteiger partial charge in [-0.05, 0) is 23.6 Å². The number of benzene rings is 1. The number of nitrogens with one attached hydrogen (secondary N) is 1. The summed E-state index contributed by atoms with van der Waals surface area (Å²) < 4.78 is 29.0. The number of rotatable bonds is 4. The molecule has 1 unspecified atom stereocenters. The molecule has 1 atom stereocenters. The number of hydrogen-bond acceptors (Lipinski definition) is 8. The van der Waals surface area contributed by atoms with Gasteiger partial charge in [0.15, 0.2) is 5.13 Å². The monoisotopic (exact) mass is 525 g/mol. The Bertz CT molecular complexity index is 1310. The molecule has 1 aromatic carbocycles. The van der Waals surface area contributed by atoms with E-state index in [2.05, 4.69) is 10.3 Å². The normalized spacial score (nSPS) is 19.6. The molecule has 176 valence electrons. The summed E-state index contributed by atoms with van der Waals surface area (Å²) in [7, 11) is 0.306. The lowest BCUT2D eigenvalue weighted by molar-refractivity contribution is -0.134. The van der Waals surface area contributed by atoms with Crippen LogP contribution in [0.3, 0.4) is 0 Å². The lowest BCUT2D eigenvalue weighted by atomic mass is 10.0. The fourth-order valence-electron chi connectivity index (χ4n) is 4.12. The van der Waals surface area contributed by atoms with Crippen molar-refractivity contribution in [1.82, 2.24) is 19.5 Å². The fourth-order valence-corrected chi connectivity index (χ4v) is 8.33. The molecule has 33 heavy (non-hydrogen) atoms. The third kappa shape index (κ3) is 4.38. The predicted octanol–water partition coefficient (Wildman–Crippen LogP) is 2.62. The molecule has 1 N–H and O–H groups in total. The van der Waals surface area contributed by atoms with Gasteiger partial charge in [0.25, 0.3) is 10.0 Å². The number of thiophene rings is 1. The van der Waals surface area contributed by atoms with Crippen molar-refractivity contribution >= 4 is 65.4 Å². The molecule has 8 nitrogen and oxygen atoms in total. The van der Waals surface area contributed by atoms with E-state index in [1.807, 2.05) is 25.1 Å². The Morgan fingerprint density at radius 2 is 1.94 bits per heavy atom. The molecule has 0 spiro atoms. The number of nitrogens with zero attached hydrogens (tertiary/aromatic N) is 4. The molecule has 0 saturated carbocycles. The van der Waals surface area contributed by atoms with Crippen molar-refractivity contribution in [2.24, 2.45) is 0 Å². The molecule has 2 aliphatic heterocycles. The summed E-state index contributed by atoms with van der Waals surface area (Å²) in [6.07, 6.45) is 0.557. The largest absolute Gasteiger partial charge is 0.354 e. The van der Waals surface area contributed by atoms with Gasteiger partial charge < -0.3 is 15.1 Å². The summed E-state index contributed by atoms with van der Waals surface area (Å²) in [6.45, 7) is 1.94. The minimum atomic E-state index is -3.61. The van der Waals surface area contributed by atoms with Crippen molar-refractivity contribution in [2.75, 3.05) is 45.2 Å². The summed E-state index contributed by atoms with van der Waals surface area (Å²) in [6, 6.07) is 6.74. The first-order chi connectivity index (χ1) is 15.7. The second kappa shape index (κ2) is 8.79. The van der Waals surface area contributed by atoms with E-state index in [-0.39, 0.29) is 25.0 Å². The number of thiazole rings is 1. The van der Waals surface area contributed by atoms with E-state index in [0.717, 1.165) is 20.9 Å². The van der Waals surface area contributed by atoms with Crippen molar-refractivity contribution in [1.29, 1.82) is 0 Å². The molecule has 2 aliphatic rings. The van der Waals surface area contributed by atoms with Crippen molar-refractivity contribution < 1.29 is 13.2 Å². The Kier molecular flexibility index (Phi) is 6.13. The predicted molar refractivity (Wildman–Crippen MR) is 133 cm³/mol. The second-order valence-corrected chi connectivity index (χ2v) is 13.1. The van der Waals surface area contributed by atoms with Crippen LogP contribution >= 0.6 is 34.3 Å². The highest BCUT2D eigenvalue weighted by Gasteiger charge is 2.35. The summed E-state index contributed by atoms with van der Waals surface area (Å²) >= 11 is 8.91. The van der Waals surface area contributed by atoms with Gasteiger partial charge in [-0.3, -0.25) is 4.79 Å². The topological polar surface area (TPSA) is 85.8 Å². The number of sulfonamides is 1. The smallest absolute Gasteiger partial charge is 0.252 e. The molecule has 1 saturated heterocycles. The van der Waals surface area contributed by atoms with Gasteiger partial charge in [0.2, 0.25) is 5.91 Å². The summed E-state index contributed by atoms with van der Waals surface area (Å²) in [5, 5.41) is 5.72. The number of piperazine rings is 1. The molecule has 1 amide bonds. The number of carbonyl (C=O) groups excluding carboxylic acids is 1. The molecule has 2 aromatic heterocycles. The van der Waals surface area contributed by atoms with Crippen LogP contribution < -0.4 is 10.2 Å². The van der Waals surface area contributed by atoms with Gasteiger partial charge in [0.1, 0.15) is 4.21 Å². The second-order valence-electron chi connectivity index (χ2n) is 8.38. The van der Waals surface area contributed by atoms with Gasteiger partial charge >= 0.3 is 0 Å². The van der Waals surface area contributed by atoms with Crippen LogP contribution in [-0.2, 0) is 27.8 Å². The molecule has 3 aromatic rings. The molecule has 0 bridgehead atoms. The maximum absolute atomic E-state index is 13.2. The Morgan fingerprint density at radius 1 is 1.18 bits per heavy atom. The van der Waals surface area contributed by atoms with Gasteiger partial charge in [0.05, 0.1) is 11.7 Å². The highest BCUT2D eigenvalue weighted by molar-refractivity contribution is 7.91. The maximum Gasteiger partial charge on any atom is 0.252 e. The Morgan fingerprint density at radius 3 is 2.67 bits per heavy atom. The molecule has 5 rings (SSSR count). The summed E-state index contributed by atoms with van der Waals surface area (Å²) in [5.74, 6) is 0.00797. The lowest BCUT2D eigenvalue weighted by Crippen LogP contribution is -2.56. The molecule has 4 heterocycles. The van der Waals surface area contributed by atoms with Crippen LogP contribution in [0, 0.1) is 0 Å². The zero-order valence-corrected chi connectivity index (χ0v) is 21.5. The van der Waals surface area contributed by atoms with Crippen molar-refractivity contribution in [3.8, 4) is 0 Å². The number of fused-ring (bicyclic) bond motifs is 2. The summed E-state index contributed by atoms with van der Waals surface area (Å²) in [5.41, 5.74) is 0.979. The molecule has 1 fully saturated rings. The third-order valence-electron chi connectivity index (χ3n) is 5.96. The van der Waals surface area contributed by atoms with Crippen LogP contribution in [0.2, 0.25) is 5.02 Å². The molecule has 12 heteroatoms. The van der Waals surface area contributed by atoms with E-state index in [1.165, 1.54) is 20.5 Å². The minimum Gasteiger partial charge on any atom is -0.354 e. The zero-order valence-electron chi connectivity index (χ0n) is 18.2. The van der Waals surface area contributed by atoms with Gasteiger partial charge in [-0.2, -0.15) is 4.31 Å². The van der Waals surface area contributed by atoms with E-state index < -0.39 is 10.0 Å². The Labute approximate surface area is 205 Å². The number of carbonyl (C=O) groups is 1. The van der Waals surface area contributed by atoms with E-state index in [0.29, 0.717) is 35.3 Å². The van der Waals surface area contributed by atoms with Crippen LogP contribution in [-0.4, -0.2) is 74.8 Å². The van der Waals surface area contributed by atoms with E-state index in [4.69, 9.17) is 11.6 Å². The first-order valence-electron chi connectivity index (χ1n) is 10.6. The number of anilines is 1. The number of aromatic nitrogens is 1. The van der Waals surface area contributed by atoms with Crippen LogP contribution in [0.4, 0.5) is 5.13 Å². The highest BCUT2D eigenvalue weighted by atomic mass is 35.5. The molecule has 0 radical (unpaired) electrons. The minimum absolute atomic E-state index is 0.00797. The van der Waals surface area contributed by atoms with Crippen LogP contribution in [0.1, 0.15) is 10.6 Å². The molecular formula is C21H24ClN5O3S3. The first-order valence-corrected chi connectivity index (χ1v) is 14.0.